The molecule has 0 fully saturated rings. The molecule has 1 aromatic heterocycles. The predicted octanol–water partition coefficient (Wildman–Crippen LogP) is 4.69. The van der Waals surface area contributed by atoms with Gasteiger partial charge in [-0.1, -0.05) is 58.0 Å². The fourth-order valence-electron chi connectivity index (χ4n) is 2.74. The summed E-state index contributed by atoms with van der Waals surface area (Å²) in [6.07, 6.45) is 0.729. The maximum atomic E-state index is 12.3. The highest BCUT2D eigenvalue weighted by atomic mass is 79.9. The highest BCUT2D eigenvalue weighted by Gasteiger charge is 2.14. The van der Waals surface area contributed by atoms with Crippen molar-refractivity contribution in [2.45, 2.75) is 32.0 Å². The molecular formula is C20H21BrN4OS. The first kappa shape index (κ1) is 19.6. The minimum absolute atomic E-state index is 0.0549. The second-order valence-electron chi connectivity index (χ2n) is 6.10. The SMILES string of the molecule is CCn1c(Cc2ccccc2)nnc1SCC(=O)Nc1ccc(Br)cc1C. The zero-order valence-corrected chi connectivity index (χ0v) is 17.7. The number of rotatable bonds is 7. The molecule has 0 atom stereocenters. The van der Waals surface area contributed by atoms with Crippen molar-refractivity contribution < 1.29 is 4.79 Å². The van der Waals surface area contributed by atoms with Crippen molar-refractivity contribution in [3.8, 4) is 0 Å². The molecule has 5 nitrogen and oxygen atoms in total. The average Bonchev–Trinajstić information content (AvgIpc) is 3.04. The Bertz CT molecular complexity index is 927. The van der Waals surface area contributed by atoms with Crippen LogP contribution in [0.2, 0.25) is 0 Å². The van der Waals surface area contributed by atoms with Crippen LogP contribution >= 0.6 is 27.7 Å². The molecular weight excluding hydrogens is 424 g/mol. The number of halogens is 1. The normalized spacial score (nSPS) is 10.8. The molecule has 0 aliphatic rings. The summed E-state index contributed by atoms with van der Waals surface area (Å²) in [6.45, 7) is 4.80. The second-order valence-corrected chi connectivity index (χ2v) is 7.96. The van der Waals surface area contributed by atoms with E-state index in [9.17, 15) is 4.79 Å². The van der Waals surface area contributed by atoms with Crippen LogP contribution < -0.4 is 5.32 Å². The molecule has 7 heteroatoms. The minimum Gasteiger partial charge on any atom is -0.325 e. The number of thioether (sulfide) groups is 1. The van der Waals surface area contributed by atoms with Crippen LogP contribution in [0.5, 0.6) is 0 Å². The quantitative estimate of drug-likeness (QED) is 0.536. The number of amides is 1. The summed E-state index contributed by atoms with van der Waals surface area (Å²) >= 11 is 4.84. The van der Waals surface area contributed by atoms with Crippen LogP contribution in [0, 0.1) is 6.92 Å². The Morgan fingerprint density at radius 2 is 1.96 bits per heavy atom. The summed E-state index contributed by atoms with van der Waals surface area (Å²) in [6, 6.07) is 16.0. The third kappa shape index (κ3) is 5.20. The van der Waals surface area contributed by atoms with E-state index in [2.05, 4.69) is 55.1 Å². The van der Waals surface area contributed by atoms with Gasteiger partial charge in [-0.2, -0.15) is 0 Å². The molecule has 2 aromatic carbocycles. The average molecular weight is 445 g/mol. The topological polar surface area (TPSA) is 59.8 Å². The molecule has 0 saturated carbocycles. The molecule has 0 aliphatic heterocycles. The minimum atomic E-state index is -0.0549. The van der Waals surface area contributed by atoms with Crippen molar-refractivity contribution in [2.75, 3.05) is 11.1 Å². The van der Waals surface area contributed by atoms with E-state index >= 15 is 0 Å². The Morgan fingerprint density at radius 3 is 2.67 bits per heavy atom. The highest BCUT2D eigenvalue weighted by Crippen LogP contribution is 2.22. The van der Waals surface area contributed by atoms with E-state index < -0.39 is 0 Å². The number of hydrogen-bond acceptors (Lipinski definition) is 4. The van der Waals surface area contributed by atoms with Crippen molar-refractivity contribution >= 4 is 39.3 Å². The number of benzene rings is 2. The van der Waals surface area contributed by atoms with E-state index in [1.807, 2.05) is 43.3 Å². The number of nitrogens with one attached hydrogen (secondary N) is 1. The van der Waals surface area contributed by atoms with Gasteiger partial charge < -0.3 is 9.88 Å². The van der Waals surface area contributed by atoms with Crippen LogP contribution in [0.25, 0.3) is 0 Å². The van der Waals surface area contributed by atoms with E-state index in [0.29, 0.717) is 5.75 Å². The van der Waals surface area contributed by atoms with Crippen molar-refractivity contribution in [3.63, 3.8) is 0 Å². The molecule has 1 heterocycles. The fraction of sp³-hybridized carbons (Fsp3) is 0.250. The van der Waals surface area contributed by atoms with E-state index in [4.69, 9.17) is 0 Å². The smallest absolute Gasteiger partial charge is 0.234 e. The Kier molecular flexibility index (Phi) is 6.68. The third-order valence-corrected chi connectivity index (χ3v) is 5.57. The van der Waals surface area contributed by atoms with E-state index in [1.165, 1.54) is 17.3 Å². The van der Waals surface area contributed by atoms with Gasteiger partial charge in [0.2, 0.25) is 5.91 Å². The first-order valence-corrected chi connectivity index (χ1v) is 10.5. The molecule has 1 N–H and O–H groups in total. The van der Waals surface area contributed by atoms with E-state index in [-0.39, 0.29) is 5.91 Å². The summed E-state index contributed by atoms with van der Waals surface area (Å²) < 4.78 is 3.06. The summed E-state index contributed by atoms with van der Waals surface area (Å²) in [5.41, 5.74) is 3.04. The van der Waals surface area contributed by atoms with Crippen LogP contribution in [-0.4, -0.2) is 26.4 Å². The van der Waals surface area contributed by atoms with Gasteiger partial charge in [-0.3, -0.25) is 4.79 Å². The lowest BCUT2D eigenvalue weighted by molar-refractivity contribution is -0.113. The number of nitrogens with zero attached hydrogens (tertiary/aromatic N) is 3. The molecule has 0 bridgehead atoms. The van der Waals surface area contributed by atoms with Crippen LogP contribution in [-0.2, 0) is 17.8 Å². The molecule has 0 saturated heterocycles. The monoisotopic (exact) mass is 444 g/mol. The molecule has 140 valence electrons. The zero-order valence-electron chi connectivity index (χ0n) is 15.3. The number of hydrogen-bond donors (Lipinski definition) is 1. The Balaban J connectivity index is 1.63. The van der Waals surface area contributed by atoms with Crippen molar-refractivity contribution in [1.82, 2.24) is 14.8 Å². The van der Waals surface area contributed by atoms with Gasteiger partial charge in [0.25, 0.3) is 0 Å². The van der Waals surface area contributed by atoms with Crippen molar-refractivity contribution in [2.24, 2.45) is 0 Å². The summed E-state index contributed by atoms with van der Waals surface area (Å²) in [4.78, 5) is 12.3. The Labute approximate surface area is 171 Å². The van der Waals surface area contributed by atoms with E-state index in [0.717, 1.165) is 39.7 Å². The van der Waals surface area contributed by atoms with E-state index in [1.54, 1.807) is 0 Å². The first-order chi connectivity index (χ1) is 13.1. The molecule has 3 aromatic rings. The predicted molar refractivity (Wildman–Crippen MR) is 113 cm³/mol. The number of anilines is 1. The Hall–Kier alpha value is -2.12. The molecule has 0 radical (unpaired) electrons. The highest BCUT2D eigenvalue weighted by molar-refractivity contribution is 9.10. The number of aromatic nitrogens is 3. The standard InChI is InChI=1S/C20H21BrN4OS/c1-3-25-18(12-15-7-5-4-6-8-15)23-24-20(25)27-13-19(26)22-17-10-9-16(21)11-14(17)2/h4-11H,3,12-13H2,1-2H3,(H,22,26). The van der Waals surface area contributed by atoms with Crippen molar-refractivity contribution in [3.05, 3.63) is 70.0 Å². The van der Waals surface area contributed by atoms with Gasteiger partial charge in [-0.25, -0.2) is 0 Å². The van der Waals surface area contributed by atoms with Crippen LogP contribution in [0.4, 0.5) is 5.69 Å². The zero-order chi connectivity index (χ0) is 19.2. The lowest BCUT2D eigenvalue weighted by atomic mass is 10.1. The lowest BCUT2D eigenvalue weighted by Gasteiger charge is -2.09. The molecule has 27 heavy (non-hydrogen) atoms. The number of aryl methyl sites for hydroxylation is 1. The van der Waals surface area contributed by atoms with Gasteiger partial charge in [0, 0.05) is 23.1 Å². The third-order valence-electron chi connectivity index (χ3n) is 4.11. The molecule has 0 unspecified atom stereocenters. The summed E-state index contributed by atoms with van der Waals surface area (Å²) in [7, 11) is 0. The van der Waals surface area contributed by atoms with Gasteiger partial charge in [-0.05, 0) is 43.2 Å². The Morgan fingerprint density at radius 1 is 1.19 bits per heavy atom. The van der Waals surface area contributed by atoms with Gasteiger partial charge in [-0.15, -0.1) is 10.2 Å². The summed E-state index contributed by atoms with van der Waals surface area (Å²) in [5.74, 6) is 1.15. The lowest BCUT2D eigenvalue weighted by Crippen LogP contribution is -2.15. The van der Waals surface area contributed by atoms with Gasteiger partial charge in [0.1, 0.15) is 5.82 Å². The maximum Gasteiger partial charge on any atom is 0.234 e. The summed E-state index contributed by atoms with van der Waals surface area (Å²) in [5, 5.41) is 12.3. The van der Waals surface area contributed by atoms with Crippen molar-refractivity contribution in [1.29, 1.82) is 0 Å². The molecule has 3 rings (SSSR count). The van der Waals surface area contributed by atoms with Crippen LogP contribution in [0.3, 0.4) is 0 Å². The van der Waals surface area contributed by atoms with Crippen LogP contribution in [0.1, 0.15) is 23.9 Å². The molecule has 0 spiro atoms. The fourth-order valence-corrected chi connectivity index (χ4v) is 4.03. The maximum absolute atomic E-state index is 12.3. The van der Waals surface area contributed by atoms with Gasteiger partial charge in [0.05, 0.1) is 5.75 Å². The first-order valence-electron chi connectivity index (χ1n) is 8.71. The second kappa shape index (κ2) is 9.19. The van der Waals surface area contributed by atoms with Gasteiger partial charge >= 0.3 is 0 Å². The number of carbonyl (C=O) groups excluding carboxylic acids is 1. The molecule has 1 amide bonds. The van der Waals surface area contributed by atoms with Gasteiger partial charge in [0.15, 0.2) is 5.16 Å². The van der Waals surface area contributed by atoms with Crippen LogP contribution in [0.15, 0.2) is 58.2 Å². The number of carbonyl (C=O) groups is 1. The molecule has 0 aliphatic carbocycles. The largest absolute Gasteiger partial charge is 0.325 e.